The number of thioether (sulfide) groups is 1. The van der Waals surface area contributed by atoms with Crippen molar-refractivity contribution < 1.29 is 13.2 Å². The van der Waals surface area contributed by atoms with E-state index in [4.69, 9.17) is 0 Å². The molecular formula is C16H22F3NS. The lowest BCUT2D eigenvalue weighted by Crippen LogP contribution is -2.26. The summed E-state index contributed by atoms with van der Waals surface area (Å²) in [5, 5.41) is 3.44. The summed E-state index contributed by atoms with van der Waals surface area (Å²) in [6.07, 6.45) is 7.39. The summed E-state index contributed by atoms with van der Waals surface area (Å²) in [5.74, 6) is 0.860. The molecule has 2 rings (SSSR count). The van der Waals surface area contributed by atoms with E-state index in [0.29, 0.717) is 6.04 Å². The molecule has 1 aromatic rings. The summed E-state index contributed by atoms with van der Waals surface area (Å²) in [6.45, 7) is 2.23. The van der Waals surface area contributed by atoms with E-state index in [1.807, 2.05) is 0 Å². The van der Waals surface area contributed by atoms with Crippen LogP contribution in [0.2, 0.25) is 0 Å². The summed E-state index contributed by atoms with van der Waals surface area (Å²) < 4.78 is 36.8. The van der Waals surface area contributed by atoms with E-state index < -0.39 is 5.51 Å². The van der Waals surface area contributed by atoms with Crippen LogP contribution in [0.25, 0.3) is 0 Å². The fourth-order valence-electron chi connectivity index (χ4n) is 2.99. The van der Waals surface area contributed by atoms with Crippen molar-refractivity contribution in [2.45, 2.75) is 61.9 Å². The summed E-state index contributed by atoms with van der Waals surface area (Å²) in [6, 6.07) is 7.00. The normalized spacial score (nSPS) is 23.0. The van der Waals surface area contributed by atoms with Crippen molar-refractivity contribution in [3.05, 3.63) is 24.3 Å². The van der Waals surface area contributed by atoms with Gasteiger partial charge in [-0.3, -0.25) is 0 Å². The highest BCUT2D eigenvalue weighted by molar-refractivity contribution is 8.00. The van der Waals surface area contributed by atoms with E-state index >= 15 is 0 Å². The average molecular weight is 317 g/mol. The minimum Gasteiger partial charge on any atom is -0.382 e. The first-order valence-corrected chi connectivity index (χ1v) is 8.40. The SMILES string of the molecule is CCCC1CCC(Nc2ccc(SC(F)(F)F)cc2)CC1. The van der Waals surface area contributed by atoms with Crippen LogP contribution in [0.4, 0.5) is 18.9 Å². The lowest BCUT2D eigenvalue weighted by Gasteiger charge is -2.29. The third kappa shape index (κ3) is 5.81. The van der Waals surface area contributed by atoms with Gasteiger partial charge >= 0.3 is 5.51 Å². The number of nitrogens with one attached hydrogen (secondary N) is 1. The number of hydrogen-bond acceptors (Lipinski definition) is 2. The predicted octanol–water partition coefficient (Wildman–Crippen LogP) is 6.07. The summed E-state index contributed by atoms with van der Waals surface area (Å²) in [7, 11) is 0. The summed E-state index contributed by atoms with van der Waals surface area (Å²) in [4.78, 5) is 0.236. The quantitative estimate of drug-likeness (QED) is 0.661. The first kappa shape index (κ1) is 16.5. The van der Waals surface area contributed by atoms with Gasteiger partial charge in [0, 0.05) is 16.6 Å². The number of halogens is 3. The van der Waals surface area contributed by atoms with Crippen molar-refractivity contribution in [1.82, 2.24) is 0 Å². The molecule has 0 aromatic heterocycles. The molecule has 0 radical (unpaired) electrons. The van der Waals surface area contributed by atoms with E-state index in [0.717, 1.165) is 24.4 Å². The monoisotopic (exact) mass is 317 g/mol. The number of anilines is 1. The maximum atomic E-state index is 12.3. The van der Waals surface area contributed by atoms with Crippen LogP contribution < -0.4 is 5.32 Å². The van der Waals surface area contributed by atoms with Crippen LogP contribution in [0.15, 0.2) is 29.2 Å². The van der Waals surface area contributed by atoms with E-state index in [-0.39, 0.29) is 16.7 Å². The molecule has 1 aliphatic rings. The maximum Gasteiger partial charge on any atom is 0.446 e. The molecular weight excluding hydrogens is 295 g/mol. The smallest absolute Gasteiger partial charge is 0.382 e. The molecule has 0 spiro atoms. The predicted molar refractivity (Wildman–Crippen MR) is 82.6 cm³/mol. The Hall–Kier alpha value is -0.840. The molecule has 1 aromatic carbocycles. The van der Waals surface area contributed by atoms with Crippen LogP contribution in [0.3, 0.4) is 0 Å². The molecule has 0 bridgehead atoms. The highest BCUT2D eigenvalue weighted by atomic mass is 32.2. The Morgan fingerprint density at radius 2 is 1.71 bits per heavy atom. The highest BCUT2D eigenvalue weighted by Gasteiger charge is 2.29. The molecule has 1 N–H and O–H groups in total. The van der Waals surface area contributed by atoms with Crippen molar-refractivity contribution >= 4 is 17.4 Å². The molecule has 0 heterocycles. The molecule has 0 amide bonds. The van der Waals surface area contributed by atoms with Gasteiger partial charge in [-0.1, -0.05) is 19.8 Å². The Balaban J connectivity index is 1.81. The topological polar surface area (TPSA) is 12.0 Å². The van der Waals surface area contributed by atoms with Crippen molar-refractivity contribution in [3.8, 4) is 0 Å². The van der Waals surface area contributed by atoms with Crippen LogP contribution >= 0.6 is 11.8 Å². The van der Waals surface area contributed by atoms with Gasteiger partial charge in [-0.05, 0) is 67.6 Å². The zero-order valence-electron chi connectivity index (χ0n) is 12.2. The van der Waals surface area contributed by atoms with E-state index in [9.17, 15) is 13.2 Å². The Labute approximate surface area is 128 Å². The Bertz CT molecular complexity index is 422. The van der Waals surface area contributed by atoms with Crippen LogP contribution in [0.5, 0.6) is 0 Å². The van der Waals surface area contributed by atoms with Gasteiger partial charge in [-0.2, -0.15) is 13.2 Å². The molecule has 1 aliphatic carbocycles. The highest BCUT2D eigenvalue weighted by Crippen LogP contribution is 2.37. The molecule has 5 heteroatoms. The molecule has 118 valence electrons. The first-order chi connectivity index (χ1) is 9.96. The molecule has 0 unspecified atom stereocenters. The molecule has 1 saturated carbocycles. The first-order valence-electron chi connectivity index (χ1n) is 7.58. The van der Waals surface area contributed by atoms with Gasteiger partial charge < -0.3 is 5.32 Å². The molecule has 1 nitrogen and oxygen atoms in total. The van der Waals surface area contributed by atoms with Gasteiger partial charge in [0.25, 0.3) is 0 Å². The molecule has 21 heavy (non-hydrogen) atoms. The largest absolute Gasteiger partial charge is 0.446 e. The van der Waals surface area contributed by atoms with Crippen molar-refractivity contribution in [3.63, 3.8) is 0 Å². The van der Waals surface area contributed by atoms with Crippen molar-refractivity contribution in [2.75, 3.05) is 5.32 Å². The number of rotatable bonds is 5. The number of hydrogen-bond donors (Lipinski definition) is 1. The number of alkyl halides is 3. The van der Waals surface area contributed by atoms with E-state index in [2.05, 4.69) is 12.2 Å². The number of benzene rings is 1. The molecule has 0 atom stereocenters. The van der Waals surface area contributed by atoms with E-state index in [1.54, 1.807) is 12.1 Å². The van der Waals surface area contributed by atoms with Crippen LogP contribution in [-0.2, 0) is 0 Å². The minimum absolute atomic E-state index is 0.0665. The van der Waals surface area contributed by atoms with Crippen molar-refractivity contribution in [1.29, 1.82) is 0 Å². The fraction of sp³-hybridized carbons (Fsp3) is 0.625. The van der Waals surface area contributed by atoms with Gasteiger partial charge in [-0.25, -0.2) is 0 Å². The lowest BCUT2D eigenvalue weighted by atomic mass is 9.83. The maximum absolute atomic E-state index is 12.3. The van der Waals surface area contributed by atoms with Crippen LogP contribution in [-0.4, -0.2) is 11.6 Å². The Morgan fingerprint density at radius 3 is 2.24 bits per heavy atom. The Kier molecular flexibility index (Phi) is 5.85. The third-order valence-electron chi connectivity index (χ3n) is 4.00. The fourth-order valence-corrected chi connectivity index (χ4v) is 3.53. The zero-order valence-corrected chi connectivity index (χ0v) is 13.1. The second-order valence-corrected chi connectivity index (χ2v) is 6.86. The van der Waals surface area contributed by atoms with Crippen LogP contribution in [0, 0.1) is 5.92 Å². The van der Waals surface area contributed by atoms with E-state index in [1.165, 1.54) is 37.8 Å². The molecule has 0 saturated heterocycles. The second-order valence-electron chi connectivity index (χ2n) is 5.72. The minimum atomic E-state index is -4.22. The van der Waals surface area contributed by atoms with Gasteiger partial charge in [-0.15, -0.1) is 0 Å². The summed E-state index contributed by atoms with van der Waals surface area (Å²) >= 11 is -0.0665. The van der Waals surface area contributed by atoms with Gasteiger partial charge in [0.2, 0.25) is 0 Å². The second kappa shape index (κ2) is 7.43. The third-order valence-corrected chi connectivity index (χ3v) is 4.74. The molecule has 0 aliphatic heterocycles. The van der Waals surface area contributed by atoms with Crippen molar-refractivity contribution in [2.24, 2.45) is 5.92 Å². The standard InChI is InChI=1S/C16H22F3NS/c1-2-3-12-4-6-13(7-5-12)20-14-8-10-15(11-9-14)21-16(17,18)19/h8-13,20H,2-7H2,1H3. The summed E-state index contributed by atoms with van der Waals surface area (Å²) in [5.41, 5.74) is -3.30. The van der Waals surface area contributed by atoms with Gasteiger partial charge in [0.05, 0.1) is 0 Å². The van der Waals surface area contributed by atoms with Crippen LogP contribution in [0.1, 0.15) is 45.4 Å². The van der Waals surface area contributed by atoms with Gasteiger partial charge in [0.15, 0.2) is 0 Å². The molecule has 1 fully saturated rings. The van der Waals surface area contributed by atoms with Gasteiger partial charge in [0.1, 0.15) is 0 Å². The average Bonchev–Trinajstić information content (AvgIpc) is 2.42. The zero-order chi connectivity index (χ0) is 15.3. The lowest BCUT2D eigenvalue weighted by molar-refractivity contribution is -0.0328. The Morgan fingerprint density at radius 1 is 1.10 bits per heavy atom.